The first kappa shape index (κ1) is 27.7. The monoisotopic (exact) mass is 625 g/mol. The van der Waals surface area contributed by atoms with Gasteiger partial charge >= 0.3 is 0 Å². The Morgan fingerprint density at radius 2 is 1.02 bits per heavy atom. The van der Waals surface area contributed by atoms with Gasteiger partial charge in [0.25, 0.3) is 0 Å². The third kappa shape index (κ3) is 4.14. The van der Waals surface area contributed by atoms with Crippen LogP contribution in [0.4, 0.5) is 0 Å². The lowest BCUT2D eigenvalue weighted by Gasteiger charge is -2.32. The minimum atomic E-state index is -0.452. The molecule has 1 spiro atoms. The molecule has 0 atom stereocenters. The van der Waals surface area contributed by atoms with Crippen LogP contribution in [0.5, 0.6) is 0 Å². The van der Waals surface area contributed by atoms with E-state index >= 15 is 0 Å². The molecular formula is C45H29N4-. The fourth-order valence-corrected chi connectivity index (χ4v) is 8.07. The van der Waals surface area contributed by atoms with Crippen LogP contribution >= 0.6 is 0 Å². The molecular weight excluding hydrogens is 597 g/mol. The number of allylic oxidation sites excluding steroid dienone is 2. The Balaban J connectivity index is 1.15. The van der Waals surface area contributed by atoms with Gasteiger partial charge in [0, 0.05) is 29.8 Å². The summed E-state index contributed by atoms with van der Waals surface area (Å²) in [5.74, 6) is 0. The second-order valence-corrected chi connectivity index (χ2v) is 12.8. The second kappa shape index (κ2) is 10.8. The Morgan fingerprint density at radius 3 is 1.63 bits per heavy atom. The summed E-state index contributed by atoms with van der Waals surface area (Å²) < 4.78 is 0. The fourth-order valence-electron chi connectivity index (χ4n) is 8.07. The Morgan fingerprint density at radius 1 is 0.449 bits per heavy atom. The first-order valence-electron chi connectivity index (χ1n) is 16.7. The quantitative estimate of drug-likeness (QED) is 0.196. The van der Waals surface area contributed by atoms with Gasteiger partial charge in [-0.05, 0) is 98.1 Å². The molecule has 2 aliphatic carbocycles. The van der Waals surface area contributed by atoms with E-state index in [9.17, 15) is 0 Å². The van der Waals surface area contributed by atoms with Gasteiger partial charge in [-0.1, -0.05) is 109 Å². The third-order valence-electron chi connectivity index (χ3n) is 10.3. The maximum absolute atomic E-state index is 4.94. The minimum absolute atomic E-state index is 0.452. The predicted molar refractivity (Wildman–Crippen MR) is 198 cm³/mol. The van der Waals surface area contributed by atoms with Crippen molar-refractivity contribution in [2.24, 2.45) is 0 Å². The van der Waals surface area contributed by atoms with E-state index in [2.05, 4.69) is 119 Å². The molecule has 0 fully saturated rings. The number of aromatic nitrogens is 3. The lowest BCUT2D eigenvalue weighted by atomic mass is 9.70. The molecule has 3 aromatic heterocycles. The van der Waals surface area contributed by atoms with Crippen molar-refractivity contribution >= 4 is 11.3 Å². The first-order valence-corrected chi connectivity index (χ1v) is 16.7. The smallest absolute Gasteiger partial charge is 0.0886 e. The summed E-state index contributed by atoms with van der Waals surface area (Å²) in [7, 11) is 0. The van der Waals surface area contributed by atoms with Gasteiger partial charge in [-0.15, -0.1) is 12.2 Å². The summed E-state index contributed by atoms with van der Waals surface area (Å²) >= 11 is 0. The zero-order valence-corrected chi connectivity index (χ0v) is 26.6. The lowest BCUT2D eigenvalue weighted by Crippen LogP contribution is -2.26. The highest BCUT2D eigenvalue weighted by atomic mass is 14.9. The van der Waals surface area contributed by atoms with Gasteiger partial charge in [0.1, 0.15) is 0 Å². The molecule has 4 heterocycles. The molecule has 0 N–H and O–H groups in total. The van der Waals surface area contributed by atoms with E-state index in [1.807, 2.05) is 48.8 Å². The molecule has 230 valence electrons. The molecule has 4 aromatic carbocycles. The van der Waals surface area contributed by atoms with Crippen LogP contribution in [-0.4, -0.2) is 21.5 Å². The van der Waals surface area contributed by atoms with Gasteiger partial charge in [-0.2, -0.15) is 0 Å². The predicted octanol–water partition coefficient (Wildman–Crippen LogP) is 10.4. The maximum Gasteiger partial charge on any atom is 0.0886 e. The normalized spacial score (nSPS) is 14.6. The summed E-state index contributed by atoms with van der Waals surface area (Å²) in [5, 5.41) is 4.94. The summed E-state index contributed by atoms with van der Waals surface area (Å²) in [6.07, 6.45) is 9.91. The van der Waals surface area contributed by atoms with E-state index in [0.29, 0.717) is 6.54 Å². The SMILES string of the molecule is C1=C(c2ccc3c(c2)C2(c4ccccc4-c4ccccc42)c2cc(-c4ccc(-c5ccccn5)nc4)ccc2-3)C[N-]C(c2ccccn2)=C1. The van der Waals surface area contributed by atoms with Crippen molar-refractivity contribution < 1.29 is 0 Å². The largest absolute Gasteiger partial charge is 0.679 e. The number of fused-ring (bicyclic) bond motifs is 10. The summed E-state index contributed by atoms with van der Waals surface area (Å²) in [6, 6.07) is 48.0. The standard InChI is InChI=1S/C45H29N4/c1-3-11-37-33(9-1)34-10-2-4-12-38(34)45(37)39-25-29(31-17-21-43(48-27-31)41-13-5-7-23-46-41)15-19-35(39)36-20-16-30(26-40(36)45)32-18-22-44(49-28-32)42-14-6-8-24-47-42/h1-27H,28H2/q-1. The van der Waals surface area contributed by atoms with Gasteiger partial charge in [-0.3, -0.25) is 15.0 Å². The number of rotatable bonds is 4. The van der Waals surface area contributed by atoms with Crippen LogP contribution in [0.1, 0.15) is 33.5 Å². The van der Waals surface area contributed by atoms with Crippen molar-refractivity contribution in [3.8, 4) is 44.8 Å². The van der Waals surface area contributed by atoms with Crippen LogP contribution in [0.15, 0.2) is 164 Å². The molecule has 0 saturated carbocycles. The third-order valence-corrected chi connectivity index (χ3v) is 10.3. The van der Waals surface area contributed by atoms with Crippen LogP contribution in [0, 0.1) is 0 Å². The topological polar surface area (TPSA) is 52.8 Å². The molecule has 49 heavy (non-hydrogen) atoms. The number of hydrogen-bond donors (Lipinski definition) is 0. The summed E-state index contributed by atoms with van der Waals surface area (Å²) in [5.41, 5.74) is 18.2. The highest BCUT2D eigenvalue weighted by molar-refractivity contribution is 5.97. The van der Waals surface area contributed by atoms with Crippen LogP contribution in [0.3, 0.4) is 0 Å². The number of hydrogen-bond acceptors (Lipinski definition) is 3. The molecule has 7 aromatic rings. The minimum Gasteiger partial charge on any atom is -0.679 e. The van der Waals surface area contributed by atoms with Crippen LogP contribution in [0.2, 0.25) is 0 Å². The molecule has 10 rings (SSSR count). The van der Waals surface area contributed by atoms with Crippen molar-refractivity contribution in [2.45, 2.75) is 5.41 Å². The zero-order chi connectivity index (χ0) is 32.4. The maximum atomic E-state index is 4.94. The van der Waals surface area contributed by atoms with Gasteiger partial charge in [0.2, 0.25) is 0 Å². The Hall–Kier alpha value is -6.39. The van der Waals surface area contributed by atoms with E-state index in [0.717, 1.165) is 33.9 Å². The van der Waals surface area contributed by atoms with Crippen molar-refractivity contribution in [1.29, 1.82) is 0 Å². The van der Waals surface area contributed by atoms with E-state index < -0.39 is 5.41 Å². The molecule has 0 saturated heterocycles. The van der Waals surface area contributed by atoms with Gasteiger partial charge < -0.3 is 5.32 Å². The van der Waals surface area contributed by atoms with Crippen molar-refractivity contribution in [2.75, 3.05) is 6.54 Å². The Bertz CT molecular complexity index is 2430. The van der Waals surface area contributed by atoms with E-state index in [1.54, 1.807) is 6.20 Å². The Labute approximate surface area is 285 Å². The summed E-state index contributed by atoms with van der Waals surface area (Å²) in [6.45, 7) is 0.611. The fraction of sp³-hybridized carbons (Fsp3) is 0.0444. The molecule has 1 aliphatic heterocycles. The molecule has 0 bridgehead atoms. The summed E-state index contributed by atoms with van der Waals surface area (Å²) in [4.78, 5) is 13.8. The average Bonchev–Trinajstić information content (AvgIpc) is 3.65. The van der Waals surface area contributed by atoms with Crippen LogP contribution in [-0.2, 0) is 5.41 Å². The number of pyridine rings is 3. The zero-order valence-electron chi connectivity index (χ0n) is 26.6. The molecule has 0 amide bonds. The van der Waals surface area contributed by atoms with Gasteiger partial charge in [-0.25, -0.2) is 0 Å². The highest BCUT2D eigenvalue weighted by Gasteiger charge is 2.51. The lowest BCUT2D eigenvalue weighted by molar-refractivity contribution is 0.793. The van der Waals surface area contributed by atoms with Crippen LogP contribution in [0.25, 0.3) is 61.4 Å². The molecule has 3 aliphatic rings. The molecule has 4 nitrogen and oxygen atoms in total. The van der Waals surface area contributed by atoms with Gasteiger partial charge in [0.15, 0.2) is 0 Å². The van der Waals surface area contributed by atoms with E-state index in [4.69, 9.17) is 10.3 Å². The van der Waals surface area contributed by atoms with Crippen molar-refractivity contribution in [3.63, 3.8) is 0 Å². The van der Waals surface area contributed by atoms with Crippen molar-refractivity contribution in [3.05, 3.63) is 203 Å². The van der Waals surface area contributed by atoms with Crippen LogP contribution < -0.4 is 0 Å². The number of nitrogens with zero attached hydrogens (tertiary/aromatic N) is 4. The highest BCUT2D eigenvalue weighted by Crippen LogP contribution is 2.63. The van der Waals surface area contributed by atoms with E-state index in [-0.39, 0.29) is 0 Å². The van der Waals surface area contributed by atoms with E-state index in [1.165, 1.54) is 55.6 Å². The number of benzene rings is 4. The molecule has 0 radical (unpaired) electrons. The molecule has 0 unspecified atom stereocenters. The van der Waals surface area contributed by atoms with Gasteiger partial charge in [0.05, 0.1) is 16.8 Å². The second-order valence-electron chi connectivity index (χ2n) is 12.8. The van der Waals surface area contributed by atoms with Crippen molar-refractivity contribution in [1.82, 2.24) is 15.0 Å². The Kier molecular flexibility index (Phi) is 6.12. The average molecular weight is 626 g/mol. The first-order chi connectivity index (χ1) is 24.3. The molecule has 4 heteroatoms.